The van der Waals surface area contributed by atoms with E-state index >= 15 is 0 Å². The Labute approximate surface area is 93.8 Å². The molecule has 0 amide bonds. The number of ether oxygens (including phenoxy) is 2. The molecule has 0 radical (unpaired) electrons. The minimum atomic E-state index is -1.02. The molecule has 1 atom stereocenters. The second-order valence-corrected chi connectivity index (χ2v) is 3.28. The van der Waals surface area contributed by atoms with E-state index < -0.39 is 12.1 Å². The summed E-state index contributed by atoms with van der Waals surface area (Å²) in [7, 11) is 1.55. The number of benzene rings is 1. The van der Waals surface area contributed by atoms with Crippen LogP contribution in [0.4, 0.5) is 0 Å². The van der Waals surface area contributed by atoms with Crippen LogP contribution in [0, 0.1) is 0 Å². The highest BCUT2D eigenvalue weighted by molar-refractivity contribution is 5.72. The topological polar surface area (TPSA) is 81.8 Å². The van der Waals surface area contributed by atoms with Crippen molar-refractivity contribution in [3.8, 4) is 11.5 Å². The molecule has 88 valence electrons. The third-order valence-corrected chi connectivity index (χ3v) is 2.14. The Kier molecular flexibility index (Phi) is 4.13. The van der Waals surface area contributed by atoms with Gasteiger partial charge in [-0.25, -0.2) is 4.79 Å². The molecule has 0 aromatic heterocycles. The van der Waals surface area contributed by atoms with E-state index in [1.807, 2.05) is 0 Å². The lowest BCUT2D eigenvalue weighted by Crippen LogP contribution is -2.23. The molecule has 5 nitrogen and oxygen atoms in total. The van der Waals surface area contributed by atoms with E-state index in [0.29, 0.717) is 17.1 Å². The summed E-state index contributed by atoms with van der Waals surface area (Å²) in [4.78, 5) is 10.6. The van der Waals surface area contributed by atoms with Gasteiger partial charge >= 0.3 is 5.97 Å². The van der Waals surface area contributed by atoms with E-state index in [1.54, 1.807) is 25.3 Å². The van der Waals surface area contributed by atoms with Gasteiger partial charge in [-0.15, -0.1) is 0 Å². The van der Waals surface area contributed by atoms with Crippen LogP contribution in [0.25, 0.3) is 0 Å². The molecule has 1 rings (SSSR count). The van der Waals surface area contributed by atoms with Crippen LogP contribution in [-0.2, 0) is 11.3 Å². The standard InChI is InChI=1S/C11H15NO4/c1-7(11(13)14)16-10-4-3-9(15-2)5-8(10)6-12/h3-5,7H,6,12H2,1-2H3,(H,13,14). The molecule has 16 heavy (non-hydrogen) atoms. The summed E-state index contributed by atoms with van der Waals surface area (Å²) in [5.74, 6) is 0.118. The number of nitrogens with two attached hydrogens (primary N) is 1. The summed E-state index contributed by atoms with van der Waals surface area (Å²) in [6, 6.07) is 5.08. The van der Waals surface area contributed by atoms with Crippen molar-refractivity contribution in [3.05, 3.63) is 23.8 Å². The van der Waals surface area contributed by atoms with Gasteiger partial charge in [-0.1, -0.05) is 0 Å². The number of carboxylic acids is 1. The van der Waals surface area contributed by atoms with Crippen molar-refractivity contribution in [1.29, 1.82) is 0 Å². The first kappa shape index (κ1) is 12.3. The molecule has 0 aliphatic rings. The van der Waals surface area contributed by atoms with Crippen LogP contribution in [0.5, 0.6) is 11.5 Å². The third-order valence-electron chi connectivity index (χ3n) is 2.14. The van der Waals surface area contributed by atoms with Gasteiger partial charge in [-0.2, -0.15) is 0 Å². The van der Waals surface area contributed by atoms with Crippen molar-refractivity contribution in [2.45, 2.75) is 19.6 Å². The van der Waals surface area contributed by atoms with Crippen LogP contribution in [0.3, 0.4) is 0 Å². The van der Waals surface area contributed by atoms with E-state index in [2.05, 4.69) is 0 Å². The SMILES string of the molecule is COc1ccc(OC(C)C(=O)O)c(CN)c1. The van der Waals surface area contributed by atoms with Crippen LogP contribution in [0.2, 0.25) is 0 Å². The largest absolute Gasteiger partial charge is 0.497 e. The van der Waals surface area contributed by atoms with Crippen LogP contribution in [0.15, 0.2) is 18.2 Å². The second-order valence-electron chi connectivity index (χ2n) is 3.28. The van der Waals surface area contributed by atoms with Crippen molar-refractivity contribution >= 4 is 5.97 Å². The number of carboxylic acid groups (broad SMARTS) is 1. The molecule has 0 aliphatic heterocycles. The van der Waals surface area contributed by atoms with Crippen molar-refractivity contribution in [1.82, 2.24) is 0 Å². The van der Waals surface area contributed by atoms with Gasteiger partial charge in [-0.3, -0.25) is 0 Å². The molecule has 0 heterocycles. The molecule has 0 aliphatic carbocycles. The molecule has 0 saturated carbocycles. The number of aliphatic carboxylic acids is 1. The highest BCUT2D eigenvalue weighted by Gasteiger charge is 2.14. The minimum absolute atomic E-state index is 0.263. The Morgan fingerprint density at radius 2 is 2.25 bits per heavy atom. The maximum Gasteiger partial charge on any atom is 0.344 e. The van der Waals surface area contributed by atoms with Crippen molar-refractivity contribution in [2.75, 3.05) is 7.11 Å². The average molecular weight is 225 g/mol. The smallest absolute Gasteiger partial charge is 0.344 e. The highest BCUT2D eigenvalue weighted by Crippen LogP contribution is 2.24. The zero-order valence-electron chi connectivity index (χ0n) is 9.27. The lowest BCUT2D eigenvalue weighted by Gasteiger charge is -2.14. The number of hydrogen-bond acceptors (Lipinski definition) is 4. The van der Waals surface area contributed by atoms with Gasteiger partial charge in [-0.05, 0) is 25.1 Å². The molecule has 1 unspecified atom stereocenters. The molecule has 5 heteroatoms. The third kappa shape index (κ3) is 2.87. The van der Waals surface area contributed by atoms with Crippen LogP contribution in [0.1, 0.15) is 12.5 Å². The molecular formula is C11H15NO4. The van der Waals surface area contributed by atoms with Gasteiger partial charge in [0, 0.05) is 12.1 Å². The first-order valence-electron chi connectivity index (χ1n) is 4.85. The van der Waals surface area contributed by atoms with Gasteiger partial charge in [0.1, 0.15) is 11.5 Å². The zero-order chi connectivity index (χ0) is 12.1. The first-order valence-corrected chi connectivity index (χ1v) is 4.85. The summed E-state index contributed by atoms with van der Waals surface area (Å²) in [6.07, 6.45) is -0.904. The Morgan fingerprint density at radius 3 is 2.75 bits per heavy atom. The Balaban J connectivity index is 2.91. The second kappa shape index (κ2) is 5.37. The molecule has 0 bridgehead atoms. The fourth-order valence-electron chi connectivity index (χ4n) is 1.20. The maximum atomic E-state index is 10.6. The summed E-state index contributed by atoms with van der Waals surface area (Å²) in [6.45, 7) is 1.73. The summed E-state index contributed by atoms with van der Waals surface area (Å²) >= 11 is 0. The van der Waals surface area contributed by atoms with E-state index in [-0.39, 0.29) is 6.54 Å². The van der Waals surface area contributed by atoms with Gasteiger partial charge in [0.2, 0.25) is 0 Å². The zero-order valence-corrected chi connectivity index (χ0v) is 9.27. The molecule has 1 aromatic carbocycles. The Bertz CT molecular complexity index is 378. The predicted octanol–water partition coefficient (Wildman–Crippen LogP) is 1.01. The van der Waals surface area contributed by atoms with Crippen LogP contribution in [-0.4, -0.2) is 24.3 Å². The fourth-order valence-corrected chi connectivity index (χ4v) is 1.20. The molecular weight excluding hydrogens is 210 g/mol. The van der Waals surface area contributed by atoms with E-state index in [0.717, 1.165) is 0 Å². The number of methoxy groups -OCH3 is 1. The average Bonchev–Trinajstić information content (AvgIpc) is 2.29. The molecule has 0 spiro atoms. The summed E-state index contributed by atoms with van der Waals surface area (Å²) < 4.78 is 10.3. The van der Waals surface area contributed by atoms with E-state index in [4.69, 9.17) is 20.3 Å². The van der Waals surface area contributed by atoms with E-state index in [1.165, 1.54) is 6.92 Å². The fraction of sp³-hybridized carbons (Fsp3) is 0.364. The summed E-state index contributed by atoms with van der Waals surface area (Å²) in [5, 5.41) is 8.73. The Morgan fingerprint density at radius 1 is 1.56 bits per heavy atom. The van der Waals surface area contributed by atoms with Crippen LogP contribution < -0.4 is 15.2 Å². The number of carbonyl (C=O) groups is 1. The lowest BCUT2D eigenvalue weighted by molar-refractivity contribution is -0.144. The maximum absolute atomic E-state index is 10.6. The highest BCUT2D eigenvalue weighted by atomic mass is 16.5. The normalized spacial score (nSPS) is 11.9. The van der Waals surface area contributed by atoms with Crippen molar-refractivity contribution < 1.29 is 19.4 Å². The summed E-state index contributed by atoms with van der Waals surface area (Å²) in [5.41, 5.74) is 6.26. The van der Waals surface area contributed by atoms with Crippen molar-refractivity contribution in [2.24, 2.45) is 5.73 Å². The monoisotopic (exact) mass is 225 g/mol. The molecule has 0 saturated heterocycles. The van der Waals surface area contributed by atoms with E-state index in [9.17, 15) is 4.79 Å². The van der Waals surface area contributed by atoms with Gasteiger partial charge in [0.05, 0.1) is 7.11 Å². The minimum Gasteiger partial charge on any atom is -0.497 e. The molecule has 3 N–H and O–H groups in total. The van der Waals surface area contributed by atoms with Gasteiger partial charge in [0.25, 0.3) is 0 Å². The molecule has 0 fully saturated rings. The van der Waals surface area contributed by atoms with Crippen LogP contribution >= 0.6 is 0 Å². The van der Waals surface area contributed by atoms with Gasteiger partial charge < -0.3 is 20.3 Å². The molecule has 1 aromatic rings. The predicted molar refractivity (Wildman–Crippen MR) is 58.6 cm³/mol. The quantitative estimate of drug-likeness (QED) is 0.781. The lowest BCUT2D eigenvalue weighted by atomic mass is 10.2. The Hall–Kier alpha value is -1.75. The number of hydrogen-bond donors (Lipinski definition) is 2. The van der Waals surface area contributed by atoms with Gasteiger partial charge in [0.15, 0.2) is 6.10 Å². The van der Waals surface area contributed by atoms with Crippen molar-refractivity contribution in [3.63, 3.8) is 0 Å². The number of rotatable bonds is 5. The first-order chi connectivity index (χ1) is 7.58.